The molecule has 0 spiro atoms. The van der Waals surface area contributed by atoms with Crippen molar-refractivity contribution in [3.05, 3.63) is 22.7 Å². The molecule has 20 heavy (non-hydrogen) atoms. The normalized spacial score (nSPS) is 12.7. The van der Waals surface area contributed by atoms with Gasteiger partial charge in [-0.05, 0) is 24.7 Å². The van der Waals surface area contributed by atoms with E-state index in [1.807, 2.05) is 0 Å². The summed E-state index contributed by atoms with van der Waals surface area (Å²) in [5, 5.41) is 3.19. The molecule has 114 valence electrons. The van der Waals surface area contributed by atoms with Crippen molar-refractivity contribution in [1.82, 2.24) is 9.55 Å². The lowest BCUT2D eigenvalue weighted by Gasteiger charge is -2.16. The highest BCUT2D eigenvalue weighted by Gasteiger charge is 2.10. The highest BCUT2D eigenvalue weighted by Crippen LogP contribution is 2.12. The van der Waals surface area contributed by atoms with Gasteiger partial charge in [-0.15, -0.1) is 11.6 Å². The number of halogens is 1. The van der Waals surface area contributed by atoms with Gasteiger partial charge in [-0.2, -0.15) is 0 Å². The molecule has 1 aromatic rings. The van der Waals surface area contributed by atoms with Crippen LogP contribution in [0.1, 0.15) is 40.0 Å². The first kappa shape index (κ1) is 17.0. The van der Waals surface area contributed by atoms with Gasteiger partial charge in [0.15, 0.2) is 5.82 Å². The average Bonchev–Trinajstić information content (AvgIpc) is 2.39. The molecule has 0 aliphatic heterocycles. The van der Waals surface area contributed by atoms with E-state index in [9.17, 15) is 4.79 Å². The van der Waals surface area contributed by atoms with Crippen molar-refractivity contribution in [2.24, 2.45) is 11.8 Å². The van der Waals surface area contributed by atoms with Crippen LogP contribution in [0.2, 0.25) is 0 Å². The van der Waals surface area contributed by atoms with E-state index in [1.165, 1.54) is 0 Å². The van der Waals surface area contributed by atoms with Crippen molar-refractivity contribution in [3.63, 3.8) is 0 Å². The standard InChI is InChI=1S/C15H26ClN3O/c1-4-5-13(6-7-16)10-18-14-15(20)19(9-8-17-14)11-12(2)3/h8-9,12-13H,4-7,10-11H2,1-3H3,(H,17,18). The molecule has 1 heterocycles. The molecule has 1 rings (SSSR count). The van der Waals surface area contributed by atoms with E-state index in [0.717, 1.165) is 32.4 Å². The average molecular weight is 300 g/mol. The fourth-order valence-electron chi connectivity index (χ4n) is 2.26. The predicted octanol–water partition coefficient (Wildman–Crippen LogP) is 3.36. The van der Waals surface area contributed by atoms with Crippen LogP contribution in [0, 0.1) is 11.8 Å². The number of aromatic nitrogens is 2. The van der Waals surface area contributed by atoms with E-state index in [2.05, 4.69) is 31.1 Å². The molecule has 0 bridgehead atoms. The van der Waals surface area contributed by atoms with Gasteiger partial charge in [-0.25, -0.2) is 4.98 Å². The summed E-state index contributed by atoms with van der Waals surface area (Å²) in [5.74, 6) is 2.04. The van der Waals surface area contributed by atoms with Gasteiger partial charge < -0.3 is 9.88 Å². The number of hydrogen-bond acceptors (Lipinski definition) is 3. The third kappa shape index (κ3) is 5.53. The molecule has 1 atom stereocenters. The summed E-state index contributed by atoms with van der Waals surface area (Å²) in [6.07, 6.45) is 6.64. The lowest BCUT2D eigenvalue weighted by molar-refractivity contribution is 0.487. The van der Waals surface area contributed by atoms with Crippen LogP contribution < -0.4 is 10.9 Å². The molecule has 1 N–H and O–H groups in total. The zero-order valence-electron chi connectivity index (χ0n) is 12.7. The third-order valence-corrected chi connectivity index (χ3v) is 3.47. The summed E-state index contributed by atoms with van der Waals surface area (Å²) in [6.45, 7) is 7.83. The molecule has 0 aromatic carbocycles. The quantitative estimate of drug-likeness (QED) is 0.711. The highest BCUT2D eigenvalue weighted by molar-refractivity contribution is 6.17. The van der Waals surface area contributed by atoms with Crippen LogP contribution in [0.3, 0.4) is 0 Å². The Morgan fingerprint density at radius 2 is 2.15 bits per heavy atom. The Morgan fingerprint density at radius 1 is 1.40 bits per heavy atom. The molecular weight excluding hydrogens is 274 g/mol. The Kier molecular flexibility index (Phi) is 7.67. The van der Waals surface area contributed by atoms with Gasteiger partial charge in [0, 0.05) is 31.4 Å². The van der Waals surface area contributed by atoms with Gasteiger partial charge in [0.05, 0.1) is 0 Å². The first-order chi connectivity index (χ1) is 9.58. The second kappa shape index (κ2) is 9.01. The van der Waals surface area contributed by atoms with Crippen molar-refractivity contribution in [3.8, 4) is 0 Å². The Bertz CT molecular complexity index is 439. The SMILES string of the molecule is CCCC(CCCl)CNc1nccn(CC(C)C)c1=O. The Morgan fingerprint density at radius 3 is 2.75 bits per heavy atom. The van der Waals surface area contributed by atoms with Crippen LogP contribution in [0.4, 0.5) is 5.82 Å². The molecule has 0 aliphatic carbocycles. The number of anilines is 1. The Labute approximate surface area is 126 Å². The van der Waals surface area contributed by atoms with Crippen molar-refractivity contribution >= 4 is 17.4 Å². The molecule has 0 radical (unpaired) electrons. The Hall–Kier alpha value is -1.03. The molecule has 5 heteroatoms. The van der Waals surface area contributed by atoms with Crippen molar-refractivity contribution in [2.75, 3.05) is 17.7 Å². The van der Waals surface area contributed by atoms with Crippen LogP contribution in [0.15, 0.2) is 17.2 Å². The zero-order chi connectivity index (χ0) is 15.0. The topological polar surface area (TPSA) is 46.9 Å². The largest absolute Gasteiger partial charge is 0.365 e. The van der Waals surface area contributed by atoms with Crippen molar-refractivity contribution in [1.29, 1.82) is 0 Å². The molecular formula is C15H26ClN3O. The number of nitrogens with zero attached hydrogens (tertiary/aromatic N) is 2. The second-order valence-corrected chi connectivity index (χ2v) is 6.02. The molecule has 0 amide bonds. The number of hydrogen-bond donors (Lipinski definition) is 1. The third-order valence-electron chi connectivity index (χ3n) is 3.25. The summed E-state index contributed by atoms with van der Waals surface area (Å²) < 4.78 is 1.72. The fraction of sp³-hybridized carbons (Fsp3) is 0.733. The molecule has 0 saturated carbocycles. The maximum absolute atomic E-state index is 12.2. The molecule has 0 aliphatic rings. The van der Waals surface area contributed by atoms with Crippen LogP contribution in [0.25, 0.3) is 0 Å². The summed E-state index contributed by atoms with van der Waals surface area (Å²) >= 11 is 5.82. The highest BCUT2D eigenvalue weighted by atomic mass is 35.5. The van der Waals surface area contributed by atoms with Crippen LogP contribution in [0.5, 0.6) is 0 Å². The van der Waals surface area contributed by atoms with Gasteiger partial charge >= 0.3 is 0 Å². The zero-order valence-corrected chi connectivity index (χ0v) is 13.5. The van der Waals surface area contributed by atoms with E-state index < -0.39 is 0 Å². The summed E-state index contributed by atoms with van der Waals surface area (Å²) in [5.41, 5.74) is -0.0395. The van der Waals surface area contributed by atoms with E-state index in [0.29, 0.717) is 23.5 Å². The van der Waals surface area contributed by atoms with Crippen LogP contribution in [-0.2, 0) is 6.54 Å². The van der Waals surface area contributed by atoms with E-state index >= 15 is 0 Å². The molecule has 4 nitrogen and oxygen atoms in total. The van der Waals surface area contributed by atoms with E-state index in [1.54, 1.807) is 17.0 Å². The second-order valence-electron chi connectivity index (χ2n) is 5.64. The lowest BCUT2D eigenvalue weighted by Crippen LogP contribution is -2.27. The molecule has 0 fully saturated rings. The maximum atomic E-state index is 12.2. The predicted molar refractivity (Wildman–Crippen MR) is 85.6 cm³/mol. The van der Waals surface area contributed by atoms with E-state index in [-0.39, 0.29) is 5.56 Å². The van der Waals surface area contributed by atoms with Crippen molar-refractivity contribution in [2.45, 2.75) is 46.6 Å². The fourth-order valence-corrected chi connectivity index (χ4v) is 2.57. The summed E-state index contributed by atoms with van der Waals surface area (Å²) in [4.78, 5) is 16.4. The smallest absolute Gasteiger partial charge is 0.293 e. The van der Waals surface area contributed by atoms with Crippen LogP contribution >= 0.6 is 11.6 Å². The monoisotopic (exact) mass is 299 g/mol. The van der Waals surface area contributed by atoms with Crippen molar-refractivity contribution < 1.29 is 0 Å². The van der Waals surface area contributed by atoms with Gasteiger partial charge in [-0.1, -0.05) is 27.2 Å². The van der Waals surface area contributed by atoms with Gasteiger partial charge in [0.1, 0.15) is 0 Å². The first-order valence-electron chi connectivity index (χ1n) is 7.43. The van der Waals surface area contributed by atoms with Gasteiger partial charge in [0.2, 0.25) is 0 Å². The molecule has 0 saturated heterocycles. The van der Waals surface area contributed by atoms with Gasteiger partial charge in [0.25, 0.3) is 5.56 Å². The number of alkyl halides is 1. The minimum Gasteiger partial charge on any atom is -0.365 e. The minimum atomic E-state index is -0.0395. The van der Waals surface area contributed by atoms with Gasteiger partial charge in [-0.3, -0.25) is 4.79 Å². The Balaban J connectivity index is 2.69. The summed E-state index contributed by atoms with van der Waals surface area (Å²) in [6, 6.07) is 0. The lowest BCUT2D eigenvalue weighted by atomic mass is 10.0. The summed E-state index contributed by atoms with van der Waals surface area (Å²) in [7, 11) is 0. The first-order valence-corrected chi connectivity index (χ1v) is 7.97. The molecule has 1 aromatic heterocycles. The maximum Gasteiger partial charge on any atom is 0.293 e. The minimum absolute atomic E-state index is 0.0395. The number of rotatable bonds is 9. The molecule has 1 unspecified atom stereocenters. The number of nitrogens with one attached hydrogen (secondary N) is 1. The van der Waals surface area contributed by atoms with E-state index in [4.69, 9.17) is 11.6 Å². The van der Waals surface area contributed by atoms with Crippen LogP contribution in [-0.4, -0.2) is 22.0 Å².